The van der Waals surface area contributed by atoms with E-state index >= 15 is 0 Å². The quantitative estimate of drug-likeness (QED) is 0.802. The van der Waals surface area contributed by atoms with Crippen LogP contribution in [0.4, 0.5) is 0 Å². The van der Waals surface area contributed by atoms with Crippen molar-refractivity contribution in [1.82, 2.24) is 9.78 Å². The number of nitrogens with zero attached hydrogens (tertiary/aromatic N) is 2. The molecule has 1 unspecified atom stereocenters. The molecule has 1 heterocycles. The van der Waals surface area contributed by atoms with Crippen molar-refractivity contribution in [2.75, 3.05) is 7.11 Å². The largest absolute Gasteiger partial charge is 0.497 e. The molecule has 0 spiro atoms. The van der Waals surface area contributed by atoms with Crippen molar-refractivity contribution >= 4 is 16.9 Å². The summed E-state index contributed by atoms with van der Waals surface area (Å²) in [6.07, 6.45) is 1.87. The number of benzene rings is 2. The molecule has 22 heavy (non-hydrogen) atoms. The Hall–Kier alpha value is -2.82. The van der Waals surface area contributed by atoms with Crippen molar-refractivity contribution in [2.45, 2.75) is 13.0 Å². The number of carboxylic acid groups (broad SMARTS) is 1. The van der Waals surface area contributed by atoms with E-state index in [-0.39, 0.29) is 11.6 Å². The third kappa shape index (κ3) is 2.53. The fraction of sp³-hybridized carbons (Fsp3) is 0.176. The van der Waals surface area contributed by atoms with E-state index in [2.05, 4.69) is 5.10 Å². The Morgan fingerprint density at radius 3 is 2.59 bits per heavy atom. The molecule has 0 aliphatic rings. The van der Waals surface area contributed by atoms with E-state index in [0.717, 1.165) is 22.2 Å². The highest BCUT2D eigenvalue weighted by atomic mass is 16.5. The van der Waals surface area contributed by atoms with Crippen molar-refractivity contribution in [2.24, 2.45) is 0 Å². The van der Waals surface area contributed by atoms with Gasteiger partial charge in [0, 0.05) is 11.6 Å². The minimum absolute atomic E-state index is 0.0478. The summed E-state index contributed by atoms with van der Waals surface area (Å²) in [5.74, 6) is -0.120. The van der Waals surface area contributed by atoms with Gasteiger partial charge in [-0.3, -0.25) is 4.68 Å². The molecule has 2 aromatic carbocycles. The molecule has 3 rings (SSSR count). The summed E-state index contributed by atoms with van der Waals surface area (Å²) in [7, 11) is 1.64. The molecule has 0 radical (unpaired) electrons. The Morgan fingerprint density at radius 2 is 1.95 bits per heavy atom. The lowest BCUT2D eigenvalue weighted by Gasteiger charge is -2.12. The second-order valence-corrected chi connectivity index (χ2v) is 5.14. The van der Waals surface area contributed by atoms with Gasteiger partial charge in [0.2, 0.25) is 0 Å². The first-order valence-electron chi connectivity index (χ1n) is 6.94. The SMILES string of the molecule is COc1ccc(C(C)n2cc3cc(C(=O)O)ccc3n2)cc1. The molecule has 0 bridgehead atoms. The van der Waals surface area contributed by atoms with Crippen molar-refractivity contribution < 1.29 is 14.6 Å². The van der Waals surface area contributed by atoms with Gasteiger partial charge in [-0.2, -0.15) is 5.10 Å². The number of carboxylic acids is 1. The van der Waals surface area contributed by atoms with E-state index < -0.39 is 5.97 Å². The van der Waals surface area contributed by atoms with Crippen LogP contribution < -0.4 is 4.74 Å². The van der Waals surface area contributed by atoms with Gasteiger partial charge >= 0.3 is 5.97 Å². The normalized spacial score (nSPS) is 12.3. The summed E-state index contributed by atoms with van der Waals surface area (Å²) in [6.45, 7) is 2.05. The van der Waals surface area contributed by atoms with Crippen LogP contribution in [0.2, 0.25) is 0 Å². The van der Waals surface area contributed by atoms with Crippen molar-refractivity contribution in [1.29, 1.82) is 0 Å². The molecule has 0 fully saturated rings. The third-order valence-corrected chi connectivity index (χ3v) is 3.76. The molecule has 5 heteroatoms. The highest BCUT2D eigenvalue weighted by molar-refractivity contribution is 5.93. The fourth-order valence-corrected chi connectivity index (χ4v) is 2.41. The number of hydrogen-bond donors (Lipinski definition) is 1. The molecule has 0 saturated carbocycles. The summed E-state index contributed by atoms with van der Waals surface area (Å²) in [5, 5.41) is 14.4. The molecule has 1 aromatic heterocycles. The number of aromatic carboxylic acids is 1. The van der Waals surface area contributed by atoms with E-state index in [4.69, 9.17) is 9.84 Å². The summed E-state index contributed by atoms with van der Waals surface area (Å²) in [6, 6.07) is 12.8. The molecular weight excluding hydrogens is 280 g/mol. The van der Waals surface area contributed by atoms with Crippen molar-refractivity contribution in [3.8, 4) is 5.75 Å². The molecule has 3 aromatic rings. The molecule has 1 N–H and O–H groups in total. The van der Waals surface area contributed by atoms with Crippen LogP contribution in [0.3, 0.4) is 0 Å². The molecule has 5 nitrogen and oxygen atoms in total. The Bertz CT molecular complexity index is 822. The van der Waals surface area contributed by atoms with E-state index in [9.17, 15) is 4.79 Å². The third-order valence-electron chi connectivity index (χ3n) is 3.76. The standard InChI is InChI=1S/C17H16N2O3/c1-11(12-3-6-15(22-2)7-4-12)19-10-14-9-13(17(20)21)5-8-16(14)18-19/h3-11H,1-2H3,(H,20,21). The topological polar surface area (TPSA) is 64.3 Å². The lowest BCUT2D eigenvalue weighted by atomic mass is 10.1. The number of rotatable bonds is 4. The average Bonchev–Trinajstić information content (AvgIpc) is 2.97. The van der Waals surface area contributed by atoms with Gasteiger partial charge in [0.15, 0.2) is 0 Å². The zero-order chi connectivity index (χ0) is 15.7. The van der Waals surface area contributed by atoms with Crippen molar-refractivity contribution in [3.05, 3.63) is 59.8 Å². The summed E-state index contributed by atoms with van der Waals surface area (Å²) in [4.78, 5) is 11.0. The van der Waals surface area contributed by atoms with Gasteiger partial charge in [-0.1, -0.05) is 12.1 Å². The van der Waals surface area contributed by atoms with Gasteiger partial charge in [-0.25, -0.2) is 4.79 Å². The number of fused-ring (bicyclic) bond motifs is 1. The molecule has 112 valence electrons. The molecule has 1 atom stereocenters. The van der Waals surface area contributed by atoms with Gasteiger partial charge in [0.1, 0.15) is 5.75 Å². The maximum Gasteiger partial charge on any atom is 0.335 e. The molecule has 0 amide bonds. The Balaban J connectivity index is 1.96. The first-order valence-corrected chi connectivity index (χ1v) is 6.94. The van der Waals surface area contributed by atoms with Crippen LogP contribution in [-0.2, 0) is 0 Å². The zero-order valence-electron chi connectivity index (χ0n) is 12.4. The maximum atomic E-state index is 11.0. The fourth-order valence-electron chi connectivity index (χ4n) is 2.41. The van der Waals surface area contributed by atoms with Gasteiger partial charge in [-0.05, 0) is 42.8 Å². The number of methoxy groups -OCH3 is 1. The highest BCUT2D eigenvalue weighted by Crippen LogP contribution is 2.23. The second kappa shape index (κ2) is 5.52. The van der Waals surface area contributed by atoms with Crippen LogP contribution >= 0.6 is 0 Å². The minimum atomic E-state index is -0.933. The molecule has 0 aliphatic heterocycles. The van der Waals surface area contributed by atoms with E-state index in [0.29, 0.717) is 0 Å². The van der Waals surface area contributed by atoms with Crippen LogP contribution in [-0.4, -0.2) is 28.0 Å². The predicted octanol–water partition coefficient (Wildman–Crippen LogP) is 3.35. The van der Waals surface area contributed by atoms with Crippen molar-refractivity contribution in [3.63, 3.8) is 0 Å². The Kier molecular flexibility index (Phi) is 3.55. The molecular formula is C17H16N2O3. The first-order chi connectivity index (χ1) is 10.6. The molecule has 0 aliphatic carbocycles. The Labute approximate surface area is 127 Å². The summed E-state index contributed by atoms with van der Waals surface area (Å²) < 4.78 is 7.01. The van der Waals surface area contributed by atoms with E-state index in [1.807, 2.05) is 42.1 Å². The predicted molar refractivity (Wildman–Crippen MR) is 83.5 cm³/mol. The van der Waals surface area contributed by atoms with Crippen LogP contribution in [0.15, 0.2) is 48.7 Å². The highest BCUT2D eigenvalue weighted by Gasteiger charge is 2.12. The minimum Gasteiger partial charge on any atom is -0.497 e. The summed E-state index contributed by atoms with van der Waals surface area (Å²) >= 11 is 0. The second-order valence-electron chi connectivity index (χ2n) is 5.14. The average molecular weight is 296 g/mol. The van der Waals surface area contributed by atoms with E-state index in [1.165, 1.54) is 0 Å². The van der Waals surface area contributed by atoms with Crippen LogP contribution in [0.25, 0.3) is 10.9 Å². The van der Waals surface area contributed by atoms with Gasteiger partial charge in [0.25, 0.3) is 0 Å². The van der Waals surface area contributed by atoms with E-state index in [1.54, 1.807) is 25.3 Å². The summed E-state index contributed by atoms with van der Waals surface area (Å²) in [5.41, 5.74) is 2.15. The number of carbonyl (C=O) groups is 1. The first kappa shape index (κ1) is 14.1. The number of hydrogen-bond acceptors (Lipinski definition) is 3. The van der Waals surface area contributed by atoms with Crippen LogP contribution in [0.1, 0.15) is 28.9 Å². The monoisotopic (exact) mass is 296 g/mol. The van der Waals surface area contributed by atoms with Gasteiger partial charge in [-0.15, -0.1) is 0 Å². The number of ether oxygens (including phenoxy) is 1. The Morgan fingerprint density at radius 1 is 1.23 bits per heavy atom. The lowest BCUT2D eigenvalue weighted by molar-refractivity contribution is 0.0697. The van der Waals surface area contributed by atoms with Gasteiger partial charge in [0.05, 0.1) is 24.2 Å². The zero-order valence-corrected chi connectivity index (χ0v) is 12.4. The molecule has 0 saturated heterocycles. The number of aromatic nitrogens is 2. The van der Waals surface area contributed by atoms with Crippen LogP contribution in [0, 0.1) is 0 Å². The van der Waals surface area contributed by atoms with Gasteiger partial charge < -0.3 is 9.84 Å². The maximum absolute atomic E-state index is 11.0. The lowest BCUT2D eigenvalue weighted by Crippen LogP contribution is -2.06. The smallest absolute Gasteiger partial charge is 0.335 e. The van der Waals surface area contributed by atoms with Crippen LogP contribution in [0.5, 0.6) is 5.75 Å².